The summed E-state index contributed by atoms with van der Waals surface area (Å²) in [6, 6.07) is 7.83. The molecule has 0 radical (unpaired) electrons. The summed E-state index contributed by atoms with van der Waals surface area (Å²) >= 11 is 3.43. The third-order valence-corrected chi connectivity index (χ3v) is 4.11. The van der Waals surface area contributed by atoms with Gasteiger partial charge in [0, 0.05) is 4.47 Å². The third-order valence-electron chi connectivity index (χ3n) is 3.59. The minimum atomic E-state index is -0.608. The summed E-state index contributed by atoms with van der Waals surface area (Å²) in [5, 5.41) is 12.6. The molecule has 124 valence electrons. The minimum absolute atomic E-state index is 0.0307. The van der Waals surface area contributed by atoms with Crippen molar-refractivity contribution < 1.29 is 9.53 Å². The van der Waals surface area contributed by atoms with Crippen LogP contribution in [0.3, 0.4) is 0 Å². The number of fused-ring (bicyclic) bond motifs is 1. The first-order valence-corrected chi connectivity index (χ1v) is 8.32. The van der Waals surface area contributed by atoms with E-state index in [0.29, 0.717) is 12.1 Å². The largest absolute Gasteiger partial charge is 0.461 e. The van der Waals surface area contributed by atoms with Crippen LogP contribution < -0.4 is 5.73 Å². The number of esters is 1. The molecule has 8 heteroatoms. The zero-order chi connectivity index (χ0) is 17.3. The molecule has 0 bridgehead atoms. The number of rotatable bonds is 4. The van der Waals surface area contributed by atoms with Crippen molar-refractivity contribution in [1.82, 2.24) is 19.8 Å². The molecule has 0 atom stereocenters. The van der Waals surface area contributed by atoms with Gasteiger partial charge in [-0.1, -0.05) is 35.0 Å². The van der Waals surface area contributed by atoms with E-state index in [1.165, 1.54) is 4.52 Å². The van der Waals surface area contributed by atoms with E-state index in [9.17, 15) is 4.79 Å². The van der Waals surface area contributed by atoms with E-state index in [1.807, 2.05) is 31.2 Å². The molecule has 0 aliphatic rings. The van der Waals surface area contributed by atoms with Gasteiger partial charge in [0.15, 0.2) is 11.5 Å². The average Bonchev–Trinajstić information content (AvgIpc) is 2.95. The molecule has 1 aromatic carbocycles. The summed E-state index contributed by atoms with van der Waals surface area (Å²) in [4.78, 5) is 11.9. The van der Waals surface area contributed by atoms with Crippen molar-refractivity contribution >= 4 is 33.4 Å². The molecule has 3 aromatic rings. The lowest BCUT2D eigenvalue weighted by atomic mass is 10.0. The number of hydrogen-bond donors (Lipinski definition) is 1. The molecule has 3 rings (SSSR count). The highest BCUT2D eigenvalue weighted by Crippen LogP contribution is 2.30. The van der Waals surface area contributed by atoms with Crippen molar-refractivity contribution in [2.75, 3.05) is 12.3 Å². The van der Waals surface area contributed by atoms with Gasteiger partial charge in [-0.05, 0) is 31.0 Å². The Hall–Kier alpha value is -2.48. The van der Waals surface area contributed by atoms with E-state index in [0.717, 1.165) is 21.3 Å². The van der Waals surface area contributed by atoms with Gasteiger partial charge in [0.1, 0.15) is 0 Å². The number of benzene rings is 1. The Labute approximate surface area is 147 Å². The second-order valence-corrected chi connectivity index (χ2v) is 5.99. The van der Waals surface area contributed by atoms with Gasteiger partial charge in [-0.3, -0.25) is 0 Å². The van der Waals surface area contributed by atoms with E-state index in [1.54, 1.807) is 6.92 Å². The highest BCUT2D eigenvalue weighted by Gasteiger charge is 2.22. The fraction of sp³-hybridized carbons (Fsp3) is 0.250. The predicted molar refractivity (Wildman–Crippen MR) is 93.7 cm³/mol. The van der Waals surface area contributed by atoms with Gasteiger partial charge in [0.25, 0.3) is 0 Å². The van der Waals surface area contributed by atoms with Crippen molar-refractivity contribution in [3.63, 3.8) is 0 Å². The predicted octanol–water partition coefficient (Wildman–Crippen LogP) is 2.88. The monoisotopic (exact) mass is 389 g/mol. The Balaban J connectivity index is 2.22. The number of hydrogen-bond acceptors (Lipinski definition) is 6. The van der Waals surface area contributed by atoms with Crippen molar-refractivity contribution in [1.29, 1.82) is 0 Å². The zero-order valence-corrected chi connectivity index (χ0v) is 14.9. The second kappa shape index (κ2) is 6.56. The minimum Gasteiger partial charge on any atom is -0.461 e. The van der Waals surface area contributed by atoms with Crippen LogP contribution in [0.2, 0.25) is 0 Å². The molecule has 24 heavy (non-hydrogen) atoms. The Morgan fingerprint density at radius 2 is 1.96 bits per heavy atom. The summed E-state index contributed by atoms with van der Waals surface area (Å²) in [5.41, 5.74) is 9.22. The molecule has 0 spiro atoms. The maximum absolute atomic E-state index is 11.9. The van der Waals surface area contributed by atoms with E-state index >= 15 is 0 Å². The fourth-order valence-electron chi connectivity index (χ4n) is 2.47. The summed E-state index contributed by atoms with van der Waals surface area (Å²) in [5.74, 6) is -0.486. The smallest absolute Gasteiger partial charge is 0.362 e. The normalized spacial score (nSPS) is 11.0. The topological polar surface area (TPSA) is 95.4 Å². The molecule has 0 aliphatic heterocycles. The van der Waals surface area contributed by atoms with Gasteiger partial charge >= 0.3 is 5.97 Å². The highest BCUT2D eigenvalue weighted by atomic mass is 79.9. The molecule has 7 nitrogen and oxygen atoms in total. The van der Waals surface area contributed by atoms with E-state index in [-0.39, 0.29) is 18.1 Å². The number of anilines is 1. The number of carbonyl (C=O) groups excluding carboxylic acids is 1. The standard InChI is InChI=1S/C16H16BrN5O2/c1-3-11-12(9-5-7-10(17)8-6-9)15-20-19-13(16(23)24-4-2)14(18)22(15)21-11/h5-8H,3-4,18H2,1-2H3. The maximum atomic E-state index is 11.9. The first kappa shape index (κ1) is 16.4. The summed E-state index contributed by atoms with van der Waals surface area (Å²) in [7, 11) is 0. The van der Waals surface area contributed by atoms with Gasteiger partial charge in [-0.15, -0.1) is 10.2 Å². The van der Waals surface area contributed by atoms with Crippen LogP contribution in [0.1, 0.15) is 30.0 Å². The van der Waals surface area contributed by atoms with Crippen molar-refractivity contribution in [3.05, 3.63) is 40.1 Å². The average molecular weight is 390 g/mol. The van der Waals surface area contributed by atoms with Gasteiger partial charge < -0.3 is 10.5 Å². The number of ether oxygens (including phenoxy) is 1. The lowest BCUT2D eigenvalue weighted by molar-refractivity contribution is 0.0519. The number of aryl methyl sites for hydroxylation is 1. The van der Waals surface area contributed by atoms with E-state index in [4.69, 9.17) is 10.5 Å². The molecule has 2 heterocycles. The van der Waals surface area contributed by atoms with Crippen molar-refractivity contribution in [3.8, 4) is 11.1 Å². The van der Waals surface area contributed by atoms with Crippen LogP contribution in [0.15, 0.2) is 28.7 Å². The molecule has 0 amide bonds. The van der Waals surface area contributed by atoms with E-state index < -0.39 is 5.97 Å². The molecule has 0 saturated heterocycles. The van der Waals surface area contributed by atoms with Crippen LogP contribution in [-0.4, -0.2) is 32.4 Å². The lowest BCUT2D eigenvalue weighted by Crippen LogP contribution is -2.15. The number of carbonyl (C=O) groups is 1. The summed E-state index contributed by atoms with van der Waals surface area (Å²) in [6.45, 7) is 3.95. The Kier molecular flexibility index (Phi) is 4.48. The SMILES string of the molecule is CCOC(=O)c1nnc2c(-c3ccc(Br)cc3)c(CC)nn2c1N. The number of halogens is 1. The Morgan fingerprint density at radius 1 is 1.25 bits per heavy atom. The Morgan fingerprint density at radius 3 is 2.58 bits per heavy atom. The highest BCUT2D eigenvalue weighted by molar-refractivity contribution is 9.10. The molecule has 0 aliphatic carbocycles. The summed E-state index contributed by atoms with van der Waals surface area (Å²) < 4.78 is 7.39. The second-order valence-electron chi connectivity index (χ2n) is 5.07. The van der Waals surface area contributed by atoms with Gasteiger partial charge in [0.05, 0.1) is 17.9 Å². The van der Waals surface area contributed by atoms with Crippen molar-refractivity contribution in [2.45, 2.75) is 20.3 Å². The Bertz CT molecular complexity index is 905. The first-order valence-electron chi connectivity index (χ1n) is 7.53. The van der Waals surface area contributed by atoms with Crippen LogP contribution in [0.5, 0.6) is 0 Å². The molecule has 0 fully saturated rings. The fourth-order valence-corrected chi connectivity index (χ4v) is 2.73. The number of nitrogens with two attached hydrogens (primary N) is 1. The summed E-state index contributed by atoms with van der Waals surface area (Å²) in [6.07, 6.45) is 0.697. The van der Waals surface area contributed by atoms with Gasteiger partial charge in [-0.25, -0.2) is 4.79 Å². The quantitative estimate of drug-likeness (QED) is 0.689. The number of aromatic nitrogens is 4. The molecule has 0 unspecified atom stereocenters. The van der Waals surface area contributed by atoms with Crippen LogP contribution >= 0.6 is 15.9 Å². The van der Waals surface area contributed by atoms with Gasteiger partial charge in [0.2, 0.25) is 5.69 Å². The van der Waals surface area contributed by atoms with Crippen LogP contribution in [0.4, 0.5) is 5.82 Å². The third kappa shape index (κ3) is 2.73. The molecule has 2 N–H and O–H groups in total. The van der Waals surface area contributed by atoms with E-state index in [2.05, 4.69) is 31.2 Å². The van der Waals surface area contributed by atoms with Gasteiger partial charge in [-0.2, -0.15) is 9.61 Å². The molecule has 0 saturated carbocycles. The van der Waals surface area contributed by atoms with Crippen LogP contribution in [-0.2, 0) is 11.2 Å². The van der Waals surface area contributed by atoms with Crippen molar-refractivity contribution in [2.24, 2.45) is 0 Å². The number of nitrogen functional groups attached to an aromatic ring is 1. The maximum Gasteiger partial charge on any atom is 0.362 e. The lowest BCUT2D eigenvalue weighted by Gasteiger charge is -2.05. The van der Waals surface area contributed by atoms with Crippen LogP contribution in [0.25, 0.3) is 16.8 Å². The molecular weight excluding hydrogens is 374 g/mol. The molecular formula is C16H16BrN5O2. The zero-order valence-electron chi connectivity index (χ0n) is 13.3. The number of nitrogens with zero attached hydrogens (tertiary/aromatic N) is 4. The first-order chi connectivity index (χ1) is 11.6. The molecule has 2 aromatic heterocycles. The van der Waals surface area contributed by atoms with Crippen LogP contribution in [0, 0.1) is 0 Å².